The smallest absolute Gasteiger partial charge is 0.0674 e. The summed E-state index contributed by atoms with van der Waals surface area (Å²) in [5.41, 5.74) is 0. The molecular weight excluding hydrogens is 188 g/mol. The highest BCUT2D eigenvalue weighted by atomic mass is 16.5. The lowest BCUT2D eigenvalue weighted by Crippen LogP contribution is -2.44. The van der Waals surface area contributed by atoms with Crippen molar-refractivity contribution in [3.8, 4) is 0 Å². The van der Waals surface area contributed by atoms with Crippen LogP contribution in [-0.2, 0) is 4.74 Å². The van der Waals surface area contributed by atoms with Gasteiger partial charge in [-0.25, -0.2) is 0 Å². The minimum Gasteiger partial charge on any atom is -0.376 e. The molecule has 15 heavy (non-hydrogen) atoms. The van der Waals surface area contributed by atoms with E-state index in [4.69, 9.17) is 4.74 Å². The number of hydrogen-bond acceptors (Lipinski definition) is 3. The summed E-state index contributed by atoms with van der Waals surface area (Å²) >= 11 is 0. The fourth-order valence-electron chi connectivity index (χ4n) is 2.12. The molecule has 1 aliphatic heterocycles. The van der Waals surface area contributed by atoms with Gasteiger partial charge in [0.25, 0.3) is 0 Å². The summed E-state index contributed by atoms with van der Waals surface area (Å²) in [4.78, 5) is 5.05. The highest BCUT2D eigenvalue weighted by molar-refractivity contribution is 4.69. The van der Waals surface area contributed by atoms with Crippen molar-refractivity contribution >= 4 is 0 Å². The van der Waals surface area contributed by atoms with Gasteiger partial charge in [-0.1, -0.05) is 13.8 Å². The Kier molecular flexibility index (Phi) is 6.22. The standard InChI is InChI=1S/C12H26N2O/c1-4-6-13(5-2)7-8-14-9-10-15-12(3)11-14/h12H,4-11H2,1-3H3. The van der Waals surface area contributed by atoms with Crippen LogP contribution in [-0.4, -0.2) is 61.8 Å². The minimum atomic E-state index is 0.417. The molecule has 0 N–H and O–H groups in total. The van der Waals surface area contributed by atoms with E-state index < -0.39 is 0 Å². The Morgan fingerprint density at radius 2 is 2.13 bits per heavy atom. The molecule has 3 nitrogen and oxygen atoms in total. The summed E-state index contributed by atoms with van der Waals surface area (Å²) in [6.45, 7) is 14.6. The van der Waals surface area contributed by atoms with Gasteiger partial charge in [0.1, 0.15) is 0 Å². The van der Waals surface area contributed by atoms with Crippen LogP contribution in [0.2, 0.25) is 0 Å². The number of ether oxygens (including phenoxy) is 1. The lowest BCUT2D eigenvalue weighted by Gasteiger charge is -2.32. The number of likely N-dealkylation sites (N-methyl/N-ethyl adjacent to an activating group) is 1. The molecule has 3 heteroatoms. The third-order valence-electron chi connectivity index (χ3n) is 3.04. The zero-order valence-electron chi connectivity index (χ0n) is 10.5. The normalized spacial score (nSPS) is 23.6. The van der Waals surface area contributed by atoms with Crippen LogP contribution in [0.5, 0.6) is 0 Å². The van der Waals surface area contributed by atoms with E-state index in [1.807, 2.05) is 0 Å². The second-order valence-electron chi connectivity index (χ2n) is 4.42. The Hall–Kier alpha value is -0.120. The van der Waals surface area contributed by atoms with Gasteiger partial charge in [0.2, 0.25) is 0 Å². The average molecular weight is 214 g/mol. The molecule has 0 aromatic rings. The molecule has 1 fully saturated rings. The third-order valence-corrected chi connectivity index (χ3v) is 3.04. The molecule has 0 spiro atoms. The summed E-state index contributed by atoms with van der Waals surface area (Å²) in [5.74, 6) is 0. The fraction of sp³-hybridized carbons (Fsp3) is 1.00. The molecule has 1 saturated heterocycles. The van der Waals surface area contributed by atoms with E-state index in [0.717, 1.165) is 19.7 Å². The highest BCUT2D eigenvalue weighted by Gasteiger charge is 2.16. The van der Waals surface area contributed by atoms with Crippen molar-refractivity contribution < 1.29 is 4.74 Å². The molecule has 0 saturated carbocycles. The van der Waals surface area contributed by atoms with Gasteiger partial charge in [0.05, 0.1) is 12.7 Å². The molecule has 0 amide bonds. The number of hydrogen-bond donors (Lipinski definition) is 0. The number of morpholine rings is 1. The molecule has 1 atom stereocenters. The Labute approximate surface area is 94.4 Å². The SMILES string of the molecule is CCCN(CC)CCN1CCOC(C)C1. The van der Waals surface area contributed by atoms with Gasteiger partial charge < -0.3 is 9.64 Å². The van der Waals surface area contributed by atoms with E-state index in [-0.39, 0.29) is 0 Å². The van der Waals surface area contributed by atoms with Gasteiger partial charge in [-0.3, -0.25) is 4.90 Å². The quantitative estimate of drug-likeness (QED) is 0.665. The first-order chi connectivity index (χ1) is 7.26. The van der Waals surface area contributed by atoms with Crippen molar-refractivity contribution in [2.24, 2.45) is 0 Å². The molecular formula is C12H26N2O. The first-order valence-corrected chi connectivity index (χ1v) is 6.32. The summed E-state index contributed by atoms with van der Waals surface area (Å²) in [6, 6.07) is 0. The van der Waals surface area contributed by atoms with E-state index in [0.29, 0.717) is 6.10 Å². The van der Waals surface area contributed by atoms with E-state index in [9.17, 15) is 0 Å². The van der Waals surface area contributed by atoms with Crippen molar-refractivity contribution in [3.05, 3.63) is 0 Å². The molecule has 1 aliphatic rings. The minimum absolute atomic E-state index is 0.417. The molecule has 0 aromatic carbocycles. The molecule has 0 aromatic heterocycles. The van der Waals surface area contributed by atoms with Crippen molar-refractivity contribution in [1.82, 2.24) is 9.80 Å². The highest BCUT2D eigenvalue weighted by Crippen LogP contribution is 2.04. The molecule has 0 aliphatic carbocycles. The number of rotatable bonds is 6. The predicted octanol–water partition coefficient (Wildman–Crippen LogP) is 1.44. The molecule has 1 rings (SSSR count). The zero-order chi connectivity index (χ0) is 11.1. The average Bonchev–Trinajstić information content (AvgIpc) is 2.24. The Balaban J connectivity index is 2.16. The summed E-state index contributed by atoms with van der Waals surface area (Å²) < 4.78 is 5.53. The lowest BCUT2D eigenvalue weighted by atomic mass is 10.3. The van der Waals surface area contributed by atoms with Crippen molar-refractivity contribution in [2.45, 2.75) is 33.3 Å². The third kappa shape index (κ3) is 4.96. The van der Waals surface area contributed by atoms with Crippen LogP contribution in [0.3, 0.4) is 0 Å². The maximum Gasteiger partial charge on any atom is 0.0674 e. The van der Waals surface area contributed by atoms with Gasteiger partial charge in [0.15, 0.2) is 0 Å². The van der Waals surface area contributed by atoms with Crippen molar-refractivity contribution in [1.29, 1.82) is 0 Å². The Morgan fingerprint density at radius 1 is 1.33 bits per heavy atom. The van der Waals surface area contributed by atoms with Gasteiger partial charge >= 0.3 is 0 Å². The van der Waals surface area contributed by atoms with Gasteiger partial charge in [0, 0.05) is 26.2 Å². The van der Waals surface area contributed by atoms with Gasteiger partial charge in [-0.15, -0.1) is 0 Å². The van der Waals surface area contributed by atoms with Crippen LogP contribution in [0.15, 0.2) is 0 Å². The topological polar surface area (TPSA) is 15.7 Å². The van der Waals surface area contributed by atoms with Crippen LogP contribution < -0.4 is 0 Å². The predicted molar refractivity (Wildman–Crippen MR) is 64.3 cm³/mol. The maximum atomic E-state index is 5.53. The molecule has 1 heterocycles. The molecule has 90 valence electrons. The van der Waals surface area contributed by atoms with Crippen LogP contribution in [0.1, 0.15) is 27.2 Å². The first kappa shape index (κ1) is 12.9. The molecule has 0 bridgehead atoms. The Bertz CT molecular complexity index is 164. The van der Waals surface area contributed by atoms with E-state index in [1.165, 1.54) is 32.6 Å². The van der Waals surface area contributed by atoms with Gasteiger partial charge in [-0.2, -0.15) is 0 Å². The summed E-state index contributed by atoms with van der Waals surface area (Å²) in [7, 11) is 0. The lowest BCUT2D eigenvalue weighted by molar-refractivity contribution is -0.0204. The number of nitrogens with zero attached hydrogens (tertiary/aromatic N) is 2. The molecule has 0 radical (unpaired) electrons. The van der Waals surface area contributed by atoms with Crippen LogP contribution in [0.25, 0.3) is 0 Å². The Morgan fingerprint density at radius 3 is 2.73 bits per heavy atom. The van der Waals surface area contributed by atoms with Crippen LogP contribution >= 0.6 is 0 Å². The van der Waals surface area contributed by atoms with Gasteiger partial charge in [-0.05, 0) is 26.4 Å². The van der Waals surface area contributed by atoms with Crippen molar-refractivity contribution in [2.75, 3.05) is 45.9 Å². The van der Waals surface area contributed by atoms with E-state index in [2.05, 4.69) is 30.6 Å². The first-order valence-electron chi connectivity index (χ1n) is 6.32. The second kappa shape index (κ2) is 7.20. The van der Waals surface area contributed by atoms with E-state index in [1.54, 1.807) is 0 Å². The van der Waals surface area contributed by atoms with Crippen molar-refractivity contribution in [3.63, 3.8) is 0 Å². The molecule has 1 unspecified atom stereocenters. The van der Waals surface area contributed by atoms with E-state index >= 15 is 0 Å². The largest absolute Gasteiger partial charge is 0.376 e. The summed E-state index contributed by atoms with van der Waals surface area (Å²) in [6.07, 6.45) is 1.67. The fourth-order valence-corrected chi connectivity index (χ4v) is 2.12. The second-order valence-corrected chi connectivity index (χ2v) is 4.42. The maximum absolute atomic E-state index is 5.53. The van der Waals surface area contributed by atoms with Crippen LogP contribution in [0, 0.1) is 0 Å². The van der Waals surface area contributed by atoms with Crippen LogP contribution in [0.4, 0.5) is 0 Å². The zero-order valence-corrected chi connectivity index (χ0v) is 10.5. The summed E-state index contributed by atoms with van der Waals surface area (Å²) in [5, 5.41) is 0. The monoisotopic (exact) mass is 214 g/mol.